The standard InChI is InChI=1S/C17H11Cl2FN2O3/c1-25-17(24)12-6-11(20)3-2-9(12)7-22-8-21-15-13(16(22)23)4-10(18)5-14(15)19/h2-6,8H,7H2,1H3. The van der Waals surface area contributed by atoms with Crippen LogP contribution in [0.2, 0.25) is 10.0 Å². The van der Waals surface area contributed by atoms with E-state index in [9.17, 15) is 14.0 Å². The lowest BCUT2D eigenvalue weighted by molar-refractivity contribution is 0.0598. The summed E-state index contributed by atoms with van der Waals surface area (Å²) in [5, 5.41) is 0.830. The summed E-state index contributed by atoms with van der Waals surface area (Å²) in [6.45, 7) is 0.0105. The average molecular weight is 381 g/mol. The van der Waals surface area contributed by atoms with Crippen molar-refractivity contribution < 1.29 is 13.9 Å². The van der Waals surface area contributed by atoms with Crippen molar-refractivity contribution in [1.29, 1.82) is 0 Å². The van der Waals surface area contributed by atoms with Gasteiger partial charge in [0, 0.05) is 5.02 Å². The Morgan fingerprint density at radius 2 is 2.04 bits per heavy atom. The minimum Gasteiger partial charge on any atom is -0.465 e. The van der Waals surface area contributed by atoms with E-state index in [4.69, 9.17) is 23.2 Å². The van der Waals surface area contributed by atoms with Crippen LogP contribution in [0.3, 0.4) is 0 Å². The van der Waals surface area contributed by atoms with Crippen LogP contribution in [0.25, 0.3) is 10.9 Å². The number of nitrogens with zero attached hydrogens (tertiary/aromatic N) is 2. The smallest absolute Gasteiger partial charge is 0.338 e. The molecule has 0 bridgehead atoms. The molecule has 0 aliphatic heterocycles. The van der Waals surface area contributed by atoms with Gasteiger partial charge in [-0.15, -0.1) is 0 Å². The third-order valence-electron chi connectivity index (χ3n) is 3.66. The summed E-state index contributed by atoms with van der Waals surface area (Å²) in [4.78, 5) is 28.7. The van der Waals surface area contributed by atoms with Crippen LogP contribution in [0, 0.1) is 5.82 Å². The van der Waals surface area contributed by atoms with Crippen LogP contribution >= 0.6 is 23.2 Å². The van der Waals surface area contributed by atoms with Gasteiger partial charge in [-0.25, -0.2) is 14.2 Å². The van der Waals surface area contributed by atoms with E-state index in [2.05, 4.69) is 9.72 Å². The van der Waals surface area contributed by atoms with Gasteiger partial charge in [0.2, 0.25) is 0 Å². The van der Waals surface area contributed by atoms with Crippen LogP contribution in [-0.2, 0) is 11.3 Å². The zero-order valence-corrected chi connectivity index (χ0v) is 14.4. The highest BCUT2D eigenvalue weighted by molar-refractivity contribution is 6.38. The fraction of sp³-hybridized carbons (Fsp3) is 0.118. The van der Waals surface area contributed by atoms with Gasteiger partial charge in [0.25, 0.3) is 5.56 Å². The van der Waals surface area contributed by atoms with Crippen molar-refractivity contribution >= 4 is 40.1 Å². The number of methoxy groups -OCH3 is 1. The third-order valence-corrected chi connectivity index (χ3v) is 4.17. The van der Waals surface area contributed by atoms with Crippen LogP contribution in [0.4, 0.5) is 4.39 Å². The lowest BCUT2D eigenvalue weighted by Crippen LogP contribution is -2.22. The predicted octanol–water partition coefficient (Wildman–Crippen LogP) is 3.68. The van der Waals surface area contributed by atoms with Crippen molar-refractivity contribution in [2.75, 3.05) is 7.11 Å². The van der Waals surface area contributed by atoms with Gasteiger partial charge in [-0.2, -0.15) is 0 Å². The number of ether oxygens (including phenoxy) is 1. The zero-order valence-electron chi connectivity index (χ0n) is 12.9. The van der Waals surface area contributed by atoms with Gasteiger partial charge in [-0.1, -0.05) is 29.3 Å². The van der Waals surface area contributed by atoms with Crippen molar-refractivity contribution in [2.24, 2.45) is 0 Å². The summed E-state index contributed by atoms with van der Waals surface area (Å²) in [5.41, 5.74) is 0.414. The number of aromatic nitrogens is 2. The van der Waals surface area contributed by atoms with Gasteiger partial charge < -0.3 is 4.74 Å². The van der Waals surface area contributed by atoms with Gasteiger partial charge in [-0.3, -0.25) is 9.36 Å². The van der Waals surface area contributed by atoms with Crippen LogP contribution < -0.4 is 5.56 Å². The zero-order chi connectivity index (χ0) is 18.1. The highest BCUT2D eigenvalue weighted by Gasteiger charge is 2.15. The first-order chi connectivity index (χ1) is 11.9. The Balaban J connectivity index is 2.12. The molecule has 5 nitrogen and oxygen atoms in total. The predicted molar refractivity (Wildman–Crippen MR) is 92.9 cm³/mol. The van der Waals surface area contributed by atoms with E-state index in [1.807, 2.05) is 0 Å². The highest BCUT2D eigenvalue weighted by atomic mass is 35.5. The molecule has 3 rings (SSSR count). The maximum atomic E-state index is 13.4. The number of carbonyl (C=O) groups is 1. The van der Waals surface area contributed by atoms with Crippen LogP contribution in [0.1, 0.15) is 15.9 Å². The first kappa shape index (κ1) is 17.4. The first-order valence-corrected chi connectivity index (χ1v) is 7.87. The number of esters is 1. The summed E-state index contributed by atoms with van der Waals surface area (Å²) < 4.78 is 19.4. The molecule has 128 valence electrons. The summed E-state index contributed by atoms with van der Waals surface area (Å²) in [6, 6.07) is 6.66. The molecule has 1 aromatic heterocycles. The molecule has 0 atom stereocenters. The number of rotatable bonds is 3. The Bertz CT molecular complexity index is 1050. The molecule has 0 saturated heterocycles. The molecule has 0 N–H and O–H groups in total. The van der Waals surface area contributed by atoms with Crippen LogP contribution in [0.5, 0.6) is 0 Å². The summed E-state index contributed by atoms with van der Waals surface area (Å²) in [5.74, 6) is -1.27. The number of benzene rings is 2. The molecule has 25 heavy (non-hydrogen) atoms. The number of hydrogen-bond donors (Lipinski definition) is 0. The maximum absolute atomic E-state index is 13.4. The molecule has 0 amide bonds. The van der Waals surface area contributed by atoms with Gasteiger partial charge >= 0.3 is 5.97 Å². The summed E-state index contributed by atoms with van der Waals surface area (Å²) in [6.07, 6.45) is 1.31. The van der Waals surface area contributed by atoms with E-state index in [0.29, 0.717) is 16.1 Å². The Hall–Kier alpha value is -2.44. The van der Waals surface area contributed by atoms with Crippen molar-refractivity contribution in [1.82, 2.24) is 9.55 Å². The number of fused-ring (bicyclic) bond motifs is 1. The molecule has 0 fully saturated rings. The number of carbonyl (C=O) groups excluding carboxylic acids is 1. The molecule has 0 aliphatic rings. The largest absolute Gasteiger partial charge is 0.465 e. The van der Waals surface area contributed by atoms with Crippen molar-refractivity contribution in [2.45, 2.75) is 6.54 Å². The molecule has 8 heteroatoms. The molecule has 3 aromatic rings. The minimum absolute atomic E-state index is 0.0105. The van der Waals surface area contributed by atoms with E-state index in [1.54, 1.807) is 0 Å². The molecule has 0 spiro atoms. The molecule has 0 unspecified atom stereocenters. The van der Waals surface area contributed by atoms with E-state index < -0.39 is 11.8 Å². The topological polar surface area (TPSA) is 61.2 Å². The van der Waals surface area contributed by atoms with Crippen molar-refractivity contribution in [3.63, 3.8) is 0 Å². The van der Waals surface area contributed by atoms with Gasteiger partial charge in [0.15, 0.2) is 0 Å². The van der Waals surface area contributed by atoms with E-state index in [1.165, 1.54) is 42.3 Å². The Kier molecular flexibility index (Phi) is 4.74. The first-order valence-electron chi connectivity index (χ1n) is 7.11. The lowest BCUT2D eigenvalue weighted by Gasteiger charge is -2.11. The number of hydrogen-bond acceptors (Lipinski definition) is 4. The fourth-order valence-electron chi connectivity index (χ4n) is 2.48. The Morgan fingerprint density at radius 3 is 2.76 bits per heavy atom. The normalized spacial score (nSPS) is 10.9. The molecular weight excluding hydrogens is 370 g/mol. The quantitative estimate of drug-likeness (QED) is 0.650. The van der Waals surface area contributed by atoms with E-state index >= 15 is 0 Å². The average Bonchev–Trinajstić information content (AvgIpc) is 2.58. The molecule has 1 heterocycles. The summed E-state index contributed by atoms with van der Waals surface area (Å²) >= 11 is 12.0. The van der Waals surface area contributed by atoms with Crippen LogP contribution in [0.15, 0.2) is 41.5 Å². The Morgan fingerprint density at radius 1 is 1.28 bits per heavy atom. The lowest BCUT2D eigenvalue weighted by atomic mass is 10.1. The molecular formula is C17H11Cl2FN2O3. The highest BCUT2D eigenvalue weighted by Crippen LogP contribution is 2.24. The van der Waals surface area contributed by atoms with Crippen molar-refractivity contribution in [3.8, 4) is 0 Å². The third kappa shape index (κ3) is 3.36. The van der Waals surface area contributed by atoms with Gasteiger partial charge in [0.1, 0.15) is 5.82 Å². The van der Waals surface area contributed by atoms with Crippen LogP contribution in [-0.4, -0.2) is 22.6 Å². The molecule has 0 radical (unpaired) electrons. The molecule has 0 aliphatic carbocycles. The fourth-order valence-corrected chi connectivity index (χ4v) is 3.02. The Labute approximate surface area is 151 Å². The second kappa shape index (κ2) is 6.82. The van der Waals surface area contributed by atoms with E-state index in [-0.39, 0.29) is 28.1 Å². The van der Waals surface area contributed by atoms with Gasteiger partial charge in [-0.05, 0) is 29.8 Å². The van der Waals surface area contributed by atoms with E-state index in [0.717, 1.165) is 6.07 Å². The summed E-state index contributed by atoms with van der Waals surface area (Å²) in [7, 11) is 1.20. The maximum Gasteiger partial charge on any atom is 0.338 e. The van der Waals surface area contributed by atoms with Gasteiger partial charge in [0.05, 0.1) is 41.5 Å². The second-order valence-electron chi connectivity index (χ2n) is 5.25. The monoisotopic (exact) mass is 380 g/mol. The molecule has 0 saturated carbocycles. The SMILES string of the molecule is COC(=O)c1cc(F)ccc1Cn1cnc2c(Cl)cc(Cl)cc2c1=O. The second-order valence-corrected chi connectivity index (χ2v) is 6.10. The minimum atomic E-state index is -0.692. The molecule has 2 aromatic carbocycles. The van der Waals surface area contributed by atoms with Crippen molar-refractivity contribution in [3.05, 3.63) is 74.0 Å². The number of halogens is 3.